The molecule has 0 radical (unpaired) electrons. The van der Waals surface area contributed by atoms with Crippen molar-refractivity contribution in [2.24, 2.45) is 16.3 Å². The molecule has 1 rings (SSSR count). The Balaban J connectivity index is 2.59. The van der Waals surface area contributed by atoms with Crippen molar-refractivity contribution in [3.05, 3.63) is 29.3 Å². The Labute approximate surface area is 113 Å². The SMILES string of the molecule is Cc1ccc(C)c(SCCC(C)(C)C(N)=NO)c1. The third-order valence-electron chi connectivity index (χ3n) is 3.13. The Hall–Kier alpha value is -1.16. The van der Waals surface area contributed by atoms with Crippen LogP contribution in [-0.2, 0) is 0 Å². The molecular weight excluding hydrogens is 244 g/mol. The van der Waals surface area contributed by atoms with Gasteiger partial charge in [-0.05, 0) is 37.7 Å². The summed E-state index contributed by atoms with van der Waals surface area (Å²) in [6.45, 7) is 8.21. The van der Waals surface area contributed by atoms with E-state index >= 15 is 0 Å². The van der Waals surface area contributed by atoms with Gasteiger partial charge in [0.2, 0.25) is 0 Å². The van der Waals surface area contributed by atoms with Crippen molar-refractivity contribution in [1.29, 1.82) is 0 Å². The topological polar surface area (TPSA) is 58.6 Å². The monoisotopic (exact) mass is 266 g/mol. The minimum atomic E-state index is -0.264. The summed E-state index contributed by atoms with van der Waals surface area (Å²) >= 11 is 1.82. The van der Waals surface area contributed by atoms with Crippen molar-refractivity contribution in [1.82, 2.24) is 0 Å². The molecule has 1 aromatic rings. The van der Waals surface area contributed by atoms with Crippen LogP contribution < -0.4 is 5.73 Å². The molecule has 100 valence electrons. The summed E-state index contributed by atoms with van der Waals surface area (Å²) in [4.78, 5) is 1.31. The number of aryl methyl sites for hydroxylation is 2. The van der Waals surface area contributed by atoms with E-state index in [4.69, 9.17) is 10.9 Å². The van der Waals surface area contributed by atoms with Crippen molar-refractivity contribution >= 4 is 17.6 Å². The molecule has 0 aliphatic carbocycles. The van der Waals surface area contributed by atoms with Crippen molar-refractivity contribution in [2.75, 3.05) is 5.75 Å². The number of amidine groups is 1. The van der Waals surface area contributed by atoms with E-state index in [0.29, 0.717) is 5.84 Å². The second-order valence-electron chi connectivity index (χ2n) is 5.24. The standard InChI is InChI=1S/C14H22N2OS/c1-10-5-6-11(2)12(9-10)18-8-7-14(3,4)13(15)16-17/h5-6,9,17H,7-8H2,1-4H3,(H2,15,16). The van der Waals surface area contributed by atoms with Gasteiger partial charge in [-0.2, -0.15) is 0 Å². The summed E-state index contributed by atoms with van der Waals surface area (Å²) in [5, 5.41) is 11.8. The van der Waals surface area contributed by atoms with Gasteiger partial charge in [0, 0.05) is 10.3 Å². The molecule has 0 bridgehead atoms. The number of thioether (sulfide) groups is 1. The van der Waals surface area contributed by atoms with E-state index in [1.54, 1.807) is 0 Å². The zero-order valence-electron chi connectivity index (χ0n) is 11.5. The quantitative estimate of drug-likeness (QED) is 0.282. The first kappa shape index (κ1) is 14.9. The lowest BCUT2D eigenvalue weighted by Crippen LogP contribution is -2.32. The van der Waals surface area contributed by atoms with Gasteiger partial charge in [-0.15, -0.1) is 11.8 Å². The van der Waals surface area contributed by atoms with Crippen LogP contribution in [0.1, 0.15) is 31.4 Å². The third kappa shape index (κ3) is 3.95. The van der Waals surface area contributed by atoms with Gasteiger partial charge >= 0.3 is 0 Å². The number of rotatable bonds is 5. The predicted molar refractivity (Wildman–Crippen MR) is 78.4 cm³/mol. The van der Waals surface area contributed by atoms with Gasteiger partial charge in [-0.3, -0.25) is 0 Å². The minimum absolute atomic E-state index is 0.264. The van der Waals surface area contributed by atoms with Crippen molar-refractivity contribution in [3.63, 3.8) is 0 Å². The van der Waals surface area contributed by atoms with Crippen LogP contribution in [0.5, 0.6) is 0 Å². The van der Waals surface area contributed by atoms with Crippen LogP contribution in [0.25, 0.3) is 0 Å². The van der Waals surface area contributed by atoms with Crippen molar-refractivity contribution in [2.45, 2.75) is 39.0 Å². The fourth-order valence-electron chi connectivity index (χ4n) is 1.54. The molecule has 0 amide bonds. The highest BCUT2D eigenvalue weighted by atomic mass is 32.2. The maximum absolute atomic E-state index is 8.72. The Morgan fingerprint density at radius 2 is 2.06 bits per heavy atom. The zero-order chi connectivity index (χ0) is 13.8. The number of nitrogens with zero attached hydrogens (tertiary/aromatic N) is 1. The van der Waals surface area contributed by atoms with Crippen molar-refractivity contribution in [3.8, 4) is 0 Å². The summed E-state index contributed by atoms with van der Waals surface area (Å²) in [6, 6.07) is 6.47. The lowest BCUT2D eigenvalue weighted by Gasteiger charge is -2.22. The Morgan fingerprint density at radius 1 is 1.39 bits per heavy atom. The largest absolute Gasteiger partial charge is 0.409 e. The molecule has 0 fully saturated rings. The fourth-order valence-corrected chi connectivity index (χ4v) is 2.94. The second-order valence-corrected chi connectivity index (χ2v) is 6.37. The molecule has 1 aromatic carbocycles. The van der Waals surface area contributed by atoms with Crippen LogP contribution >= 0.6 is 11.8 Å². The summed E-state index contributed by atoms with van der Waals surface area (Å²) in [7, 11) is 0. The molecule has 0 saturated heterocycles. The van der Waals surface area contributed by atoms with Gasteiger partial charge in [0.15, 0.2) is 0 Å². The highest BCUT2D eigenvalue weighted by Crippen LogP contribution is 2.29. The van der Waals surface area contributed by atoms with E-state index in [0.717, 1.165) is 12.2 Å². The Kier molecular flexibility index (Phi) is 5.08. The first-order valence-electron chi connectivity index (χ1n) is 6.05. The van der Waals surface area contributed by atoms with Crippen LogP contribution in [-0.4, -0.2) is 16.8 Å². The molecule has 0 heterocycles. The van der Waals surface area contributed by atoms with Gasteiger partial charge in [0.25, 0.3) is 0 Å². The molecule has 0 aromatic heterocycles. The summed E-state index contributed by atoms with van der Waals surface area (Å²) in [5.41, 5.74) is 7.99. The average Bonchev–Trinajstić information content (AvgIpc) is 2.32. The molecule has 0 spiro atoms. The zero-order valence-corrected chi connectivity index (χ0v) is 12.3. The molecule has 3 N–H and O–H groups in total. The van der Waals surface area contributed by atoms with Crippen LogP contribution in [0.15, 0.2) is 28.3 Å². The molecule has 18 heavy (non-hydrogen) atoms. The molecule has 3 nitrogen and oxygen atoms in total. The smallest absolute Gasteiger partial charge is 0.144 e. The van der Waals surface area contributed by atoms with Crippen LogP contribution in [0.2, 0.25) is 0 Å². The van der Waals surface area contributed by atoms with E-state index in [1.165, 1.54) is 16.0 Å². The van der Waals surface area contributed by atoms with Gasteiger partial charge in [-0.1, -0.05) is 36.7 Å². The van der Waals surface area contributed by atoms with Crippen LogP contribution in [0, 0.1) is 19.3 Å². The molecule has 0 atom stereocenters. The van der Waals surface area contributed by atoms with E-state index in [1.807, 2.05) is 25.6 Å². The van der Waals surface area contributed by atoms with E-state index < -0.39 is 0 Å². The van der Waals surface area contributed by atoms with Gasteiger partial charge in [-0.25, -0.2) is 0 Å². The van der Waals surface area contributed by atoms with Gasteiger partial charge in [0.05, 0.1) is 0 Å². The molecule has 0 saturated carbocycles. The molecule has 0 aliphatic rings. The van der Waals surface area contributed by atoms with Crippen LogP contribution in [0.3, 0.4) is 0 Å². The lowest BCUT2D eigenvalue weighted by molar-refractivity contribution is 0.307. The van der Waals surface area contributed by atoms with Crippen molar-refractivity contribution < 1.29 is 5.21 Å². The maximum Gasteiger partial charge on any atom is 0.144 e. The molecule has 0 aliphatic heterocycles. The molecule has 0 unspecified atom stereocenters. The van der Waals surface area contributed by atoms with E-state index in [9.17, 15) is 0 Å². The first-order chi connectivity index (χ1) is 8.36. The van der Waals surface area contributed by atoms with Gasteiger partial charge in [0.1, 0.15) is 5.84 Å². The summed E-state index contributed by atoms with van der Waals surface area (Å²) < 4.78 is 0. The van der Waals surface area contributed by atoms with Gasteiger partial charge < -0.3 is 10.9 Å². The third-order valence-corrected chi connectivity index (χ3v) is 4.29. The maximum atomic E-state index is 8.72. The number of oxime groups is 1. The highest BCUT2D eigenvalue weighted by molar-refractivity contribution is 7.99. The number of hydrogen-bond acceptors (Lipinski definition) is 3. The minimum Gasteiger partial charge on any atom is -0.409 e. The Bertz CT molecular complexity index is 441. The Morgan fingerprint density at radius 3 is 2.67 bits per heavy atom. The second kappa shape index (κ2) is 6.14. The number of hydrogen-bond donors (Lipinski definition) is 2. The summed E-state index contributed by atoms with van der Waals surface area (Å²) in [6.07, 6.45) is 0.876. The van der Waals surface area contributed by atoms with E-state index in [-0.39, 0.29) is 5.41 Å². The average molecular weight is 266 g/mol. The number of nitrogens with two attached hydrogens (primary N) is 1. The fraction of sp³-hybridized carbons (Fsp3) is 0.500. The normalized spacial score (nSPS) is 12.8. The summed E-state index contributed by atoms with van der Waals surface area (Å²) in [5.74, 6) is 1.25. The van der Waals surface area contributed by atoms with E-state index in [2.05, 4.69) is 37.2 Å². The highest BCUT2D eigenvalue weighted by Gasteiger charge is 2.23. The first-order valence-corrected chi connectivity index (χ1v) is 7.03. The van der Waals surface area contributed by atoms with Crippen LogP contribution in [0.4, 0.5) is 0 Å². The number of benzene rings is 1. The molecule has 4 heteroatoms. The lowest BCUT2D eigenvalue weighted by atomic mass is 9.89. The molecular formula is C14H22N2OS. The predicted octanol–water partition coefficient (Wildman–Crippen LogP) is 3.56.